The van der Waals surface area contributed by atoms with Gasteiger partial charge in [0, 0.05) is 35.9 Å². The van der Waals surface area contributed by atoms with Crippen LogP contribution in [0.4, 0.5) is 5.69 Å². The van der Waals surface area contributed by atoms with Gasteiger partial charge in [-0.1, -0.05) is 58.4 Å². The summed E-state index contributed by atoms with van der Waals surface area (Å²) in [7, 11) is -3.61. The van der Waals surface area contributed by atoms with E-state index in [2.05, 4.69) is 21.2 Å². The predicted molar refractivity (Wildman–Crippen MR) is 176 cm³/mol. The maximum Gasteiger partial charge on any atom is 0.243 e. The normalized spacial score (nSPS) is 12.3. The molecule has 0 spiro atoms. The Balaban J connectivity index is 1.87. The molecule has 0 fully saturated rings. The van der Waals surface area contributed by atoms with Crippen LogP contribution in [-0.2, 0) is 32.6 Å². The van der Waals surface area contributed by atoms with E-state index in [1.165, 1.54) is 4.31 Å². The highest BCUT2D eigenvalue weighted by molar-refractivity contribution is 9.10. The fourth-order valence-corrected chi connectivity index (χ4v) is 5.90. The Morgan fingerprint density at radius 3 is 2.12 bits per heavy atom. The number of sulfonamides is 1. The molecular formula is C33H42BrN3O5S. The predicted octanol–water partition coefficient (Wildman–Crippen LogP) is 5.95. The second-order valence-electron chi connectivity index (χ2n) is 11.5. The zero-order chi connectivity index (χ0) is 31.6. The molecule has 1 atom stereocenters. The number of amides is 2. The monoisotopic (exact) mass is 671 g/mol. The lowest BCUT2D eigenvalue weighted by Gasteiger charge is -2.34. The fraction of sp³-hybridized carbons (Fsp3) is 0.394. The maximum atomic E-state index is 14.0. The molecule has 0 aliphatic rings. The number of hydrogen-bond donors (Lipinski definition) is 1. The first-order valence-corrected chi connectivity index (χ1v) is 17.0. The van der Waals surface area contributed by atoms with Crippen LogP contribution in [0.2, 0.25) is 0 Å². The number of benzene rings is 3. The molecule has 1 N–H and O–H groups in total. The summed E-state index contributed by atoms with van der Waals surface area (Å²) in [5, 5.41) is 3.06. The van der Waals surface area contributed by atoms with Crippen LogP contribution in [0.5, 0.6) is 5.75 Å². The molecule has 0 aliphatic heterocycles. The van der Waals surface area contributed by atoms with Gasteiger partial charge in [0.05, 0.1) is 18.6 Å². The Morgan fingerprint density at radius 2 is 1.56 bits per heavy atom. The quantitative estimate of drug-likeness (QED) is 0.229. The summed E-state index contributed by atoms with van der Waals surface area (Å²) in [6, 6.07) is 23.3. The number of halogens is 1. The van der Waals surface area contributed by atoms with E-state index in [0.717, 1.165) is 21.9 Å². The molecule has 3 aromatic carbocycles. The van der Waals surface area contributed by atoms with E-state index in [0.29, 0.717) is 24.5 Å². The van der Waals surface area contributed by atoms with E-state index in [4.69, 9.17) is 4.74 Å². The van der Waals surface area contributed by atoms with E-state index in [-0.39, 0.29) is 37.7 Å². The van der Waals surface area contributed by atoms with Gasteiger partial charge < -0.3 is 15.0 Å². The average molecular weight is 673 g/mol. The highest BCUT2D eigenvalue weighted by Gasteiger charge is 2.32. The summed E-state index contributed by atoms with van der Waals surface area (Å²) >= 11 is 3.46. The Kier molecular flexibility index (Phi) is 12.2. The minimum atomic E-state index is -3.61. The summed E-state index contributed by atoms with van der Waals surface area (Å²) in [5.41, 5.74) is 1.82. The maximum absolute atomic E-state index is 14.0. The van der Waals surface area contributed by atoms with E-state index in [1.807, 2.05) is 82.3 Å². The van der Waals surface area contributed by atoms with Crippen molar-refractivity contribution in [1.29, 1.82) is 0 Å². The molecule has 0 aliphatic carbocycles. The van der Waals surface area contributed by atoms with Crippen LogP contribution >= 0.6 is 15.9 Å². The van der Waals surface area contributed by atoms with Crippen molar-refractivity contribution in [2.24, 2.45) is 0 Å². The molecule has 3 rings (SSSR count). The van der Waals surface area contributed by atoms with Crippen molar-refractivity contribution in [2.75, 3.05) is 23.7 Å². The summed E-state index contributed by atoms with van der Waals surface area (Å²) in [6.45, 7) is 8.46. The molecule has 232 valence electrons. The van der Waals surface area contributed by atoms with Crippen LogP contribution in [0.1, 0.15) is 51.7 Å². The number of nitrogens with zero attached hydrogens (tertiary/aromatic N) is 2. The van der Waals surface area contributed by atoms with E-state index >= 15 is 0 Å². The van der Waals surface area contributed by atoms with Crippen LogP contribution < -0.4 is 14.4 Å². The number of rotatable bonds is 14. The molecule has 0 saturated carbocycles. The van der Waals surface area contributed by atoms with Gasteiger partial charge in [0.25, 0.3) is 0 Å². The SMILES string of the molecule is CCOc1ccc(N(CCCC(=O)N(Cc2ccc(Br)cc2)C(Cc2ccccc2)C(=O)NC(C)(C)C)S(C)(=O)=O)cc1. The smallest absolute Gasteiger partial charge is 0.243 e. The number of carbonyl (C=O) groups is 2. The lowest BCUT2D eigenvalue weighted by Crippen LogP contribution is -2.54. The van der Waals surface area contributed by atoms with Crippen LogP contribution in [-0.4, -0.2) is 56.1 Å². The Bertz CT molecular complexity index is 1440. The highest BCUT2D eigenvalue weighted by Crippen LogP contribution is 2.23. The van der Waals surface area contributed by atoms with Crippen molar-refractivity contribution < 1.29 is 22.7 Å². The third-order valence-electron chi connectivity index (χ3n) is 6.62. The van der Waals surface area contributed by atoms with Crippen LogP contribution in [0, 0.1) is 0 Å². The van der Waals surface area contributed by atoms with Crippen LogP contribution in [0.25, 0.3) is 0 Å². The van der Waals surface area contributed by atoms with Crippen molar-refractivity contribution in [3.63, 3.8) is 0 Å². The summed E-state index contributed by atoms with van der Waals surface area (Å²) in [5.74, 6) is 0.179. The number of ether oxygens (including phenoxy) is 1. The van der Waals surface area contributed by atoms with Gasteiger partial charge in [-0.25, -0.2) is 8.42 Å². The first kappa shape index (κ1) is 34.1. The van der Waals surface area contributed by atoms with Crippen LogP contribution in [0.15, 0.2) is 83.3 Å². The van der Waals surface area contributed by atoms with Gasteiger partial charge in [-0.05, 0) is 81.6 Å². The van der Waals surface area contributed by atoms with Gasteiger partial charge >= 0.3 is 0 Å². The fourth-order valence-electron chi connectivity index (χ4n) is 4.67. The van der Waals surface area contributed by atoms with Gasteiger partial charge in [0.15, 0.2) is 0 Å². The molecule has 2 amide bonds. The Hall–Kier alpha value is -3.37. The zero-order valence-corrected chi connectivity index (χ0v) is 27.9. The van der Waals surface area contributed by atoms with Gasteiger partial charge in [-0.3, -0.25) is 13.9 Å². The topological polar surface area (TPSA) is 96.0 Å². The molecule has 3 aromatic rings. The number of hydrogen-bond acceptors (Lipinski definition) is 5. The first-order valence-electron chi connectivity index (χ1n) is 14.4. The standard InChI is InChI=1S/C33H42BrN3O5S/c1-6-42-29-20-18-28(19-21-29)37(43(5,40)41)22-10-13-31(38)36(24-26-14-16-27(34)17-15-26)30(32(39)35-33(2,3)4)23-25-11-8-7-9-12-25/h7-9,11-12,14-21,30H,6,10,13,22-24H2,1-5H3,(H,35,39). The minimum absolute atomic E-state index is 0.0632. The molecule has 10 heteroatoms. The van der Waals surface area contributed by atoms with E-state index in [9.17, 15) is 18.0 Å². The summed E-state index contributed by atoms with van der Waals surface area (Å²) < 4.78 is 33.1. The molecule has 1 unspecified atom stereocenters. The molecular weight excluding hydrogens is 630 g/mol. The molecule has 8 nitrogen and oxygen atoms in total. The summed E-state index contributed by atoms with van der Waals surface area (Å²) in [6.07, 6.45) is 1.83. The zero-order valence-electron chi connectivity index (χ0n) is 25.5. The van der Waals surface area contributed by atoms with Crippen molar-refractivity contribution in [2.45, 2.75) is 65.1 Å². The third-order valence-corrected chi connectivity index (χ3v) is 8.35. The summed E-state index contributed by atoms with van der Waals surface area (Å²) in [4.78, 5) is 29.3. The van der Waals surface area contributed by atoms with Gasteiger partial charge in [-0.2, -0.15) is 0 Å². The minimum Gasteiger partial charge on any atom is -0.494 e. The van der Waals surface area contributed by atoms with E-state index in [1.54, 1.807) is 29.2 Å². The van der Waals surface area contributed by atoms with E-state index < -0.39 is 21.6 Å². The average Bonchev–Trinajstić information content (AvgIpc) is 2.93. The van der Waals surface area contributed by atoms with Crippen molar-refractivity contribution >= 4 is 43.5 Å². The third kappa shape index (κ3) is 11.0. The Morgan fingerprint density at radius 1 is 0.930 bits per heavy atom. The first-order chi connectivity index (χ1) is 20.3. The second kappa shape index (κ2) is 15.4. The van der Waals surface area contributed by atoms with Crippen molar-refractivity contribution in [1.82, 2.24) is 10.2 Å². The van der Waals surface area contributed by atoms with Crippen molar-refractivity contribution in [3.05, 3.63) is 94.5 Å². The lowest BCUT2D eigenvalue weighted by atomic mass is 10.00. The second-order valence-corrected chi connectivity index (χ2v) is 14.3. The molecule has 0 radical (unpaired) electrons. The number of anilines is 1. The van der Waals surface area contributed by atoms with Gasteiger partial charge in [0.2, 0.25) is 21.8 Å². The Labute approximate surface area is 264 Å². The lowest BCUT2D eigenvalue weighted by molar-refractivity contribution is -0.142. The molecule has 0 aromatic heterocycles. The molecule has 43 heavy (non-hydrogen) atoms. The van der Waals surface area contributed by atoms with Crippen molar-refractivity contribution in [3.8, 4) is 5.75 Å². The molecule has 0 bridgehead atoms. The van der Waals surface area contributed by atoms with Crippen LogP contribution in [0.3, 0.4) is 0 Å². The highest BCUT2D eigenvalue weighted by atomic mass is 79.9. The number of carbonyl (C=O) groups excluding carboxylic acids is 2. The largest absolute Gasteiger partial charge is 0.494 e. The van der Waals surface area contributed by atoms with Gasteiger partial charge in [-0.15, -0.1) is 0 Å². The molecule has 0 heterocycles. The molecule has 0 saturated heterocycles. The van der Waals surface area contributed by atoms with Gasteiger partial charge in [0.1, 0.15) is 11.8 Å². The number of nitrogens with one attached hydrogen (secondary N) is 1.